The minimum absolute atomic E-state index is 0.235. The zero-order chi connectivity index (χ0) is 33.0. The van der Waals surface area contributed by atoms with Crippen molar-refractivity contribution in [2.45, 2.75) is 12.6 Å². The van der Waals surface area contributed by atoms with Gasteiger partial charge in [-0.05, 0) is 36.8 Å². The van der Waals surface area contributed by atoms with Gasteiger partial charge in [0.2, 0.25) is 5.95 Å². The number of aromatic nitrogens is 3. The van der Waals surface area contributed by atoms with Crippen molar-refractivity contribution >= 4 is 34.9 Å². The third-order valence-electron chi connectivity index (χ3n) is 8.24. The van der Waals surface area contributed by atoms with E-state index in [4.69, 9.17) is 29.6 Å². The van der Waals surface area contributed by atoms with Gasteiger partial charge in [0.1, 0.15) is 17.4 Å². The van der Waals surface area contributed by atoms with Gasteiger partial charge in [0.05, 0.1) is 18.9 Å². The van der Waals surface area contributed by atoms with Crippen molar-refractivity contribution < 1.29 is 32.9 Å². The molecular weight excluding hydrogens is 615 g/mol. The summed E-state index contributed by atoms with van der Waals surface area (Å²) in [6, 6.07) is 22.2. The largest absolute Gasteiger partial charge is 0.508 e. The number of hydrogen-bond donors (Lipinski definition) is 2. The summed E-state index contributed by atoms with van der Waals surface area (Å²) >= 11 is 0. The van der Waals surface area contributed by atoms with Gasteiger partial charge in [0, 0.05) is 80.6 Å². The molecule has 0 amide bonds. The highest BCUT2D eigenvalue weighted by Crippen LogP contribution is 2.40. The molecule has 2 aromatic carbocycles. The molecule has 4 aromatic rings. The number of benzene rings is 2. The van der Waals surface area contributed by atoms with Crippen LogP contribution >= 0.6 is 0 Å². The number of hydrogen-bond acceptors (Lipinski definition) is 10. The van der Waals surface area contributed by atoms with Crippen LogP contribution in [0.1, 0.15) is 5.56 Å². The van der Waals surface area contributed by atoms with Crippen molar-refractivity contribution in [1.29, 1.82) is 0 Å². The number of nitrogens with zero attached hydrogens (tertiary/aromatic N) is 7. The van der Waals surface area contributed by atoms with Crippen LogP contribution in [0.3, 0.4) is 0 Å². The van der Waals surface area contributed by atoms with Crippen LogP contribution < -0.4 is 19.6 Å². The van der Waals surface area contributed by atoms with E-state index in [1.54, 1.807) is 12.1 Å². The predicted octanol–water partition coefficient (Wildman–Crippen LogP) is 4.73. The molecule has 47 heavy (non-hydrogen) atoms. The molecule has 2 N–H and O–H groups in total. The summed E-state index contributed by atoms with van der Waals surface area (Å²) < 4.78 is 37.3. The molecule has 2 saturated heterocycles. The van der Waals surface area contributed by atoms with Crippen LogP contribution in [-0.2, 0) is 16.0 Å². The van der Waals surface area contributed by atoms with Crippen molar-refractivity contribution in [3.63, 3.8) is 0 Å². The number of aliphatic carboxylic acids is 1. The molecule has 3 aliphatic rings. The molecule has 3 aliphatic heterocycles. The van der Waals surface area contributed by atoms with E-state index in [0.29, 0.717) is 19.2 Å². The summed E-state index contributed by atoms with van der Waals surface area (Å²) in [4.78, 5) is 33.1. The number of fused-ring (bicyclic) bond motifs is 1. The van der Waals surface area contributed by atoms with Crippen molar-refractivity contribution in [1.82, 2.24) is 15.0 Å². The number of carbonyl (C=O) groups is 1. The third kappa shape index (κ3) is 7.32. The number of alkyl halides is 3. The van der Waals surface area contributed by atoms with Gasteiger partial charge >= 0.3 is 12.1 Å². The van der Waals surface area contributed by atoms with Crippen LogP contribution in [-0.4, -0.2) is 96.3 Å². The van der Waals surface area contributed by atoms with Crippen LogP contribution in [0.2, 0.25) is 0 Å². The first-order chi connectivity index (χ1) is 22.7. The minimum atomic E-state index is -5.08. The number of morpholine rings is 1. The number of phenolic OH excluding ortho intramolecular Hbond substituents is 1. The lowest BCUT2D eigenvalue weighted by Crippen LogP contribution is -2.46. The second kappa shape index (κ2) is 13.7. The summed E-state index contributed by atoms with van der Waals surface area (Å²) in [6.45, 7) is 7.43. The zero-order valence-electron chi connectivity index (χ0n) is 25.5. The first-order valence-corrected chi connectivity index (χ1v) is 15.3. The van der Waals surface area contributed by atoms with E-state index in [0.717, 1.165) is 86.4 Å². The topological polar surface area (TPSA) is 118 Å². The Morgan fingerprint density at radius 3 is 2.17 bits per heavy atom. The monoisotopic (exact) mass is 649 g/mol. The summed E-state index contributed by atoms with van der Waals surface area (Å²) in [6.07, 6.45) is -2.34. The second-order valence-electron chi connectivity index (χ2n) is 11.2. The summed E-state index contributed by atoms with van der Waals surface area (Å²) in [7, 11) is 0. The Hall–Kier alpha value is -5.11. The number of carboxylic acid groups (broad SMARTS) is 1. The lowest BCUT2D eigenvalue weighted by Gasteiger charge is -2.37. The molecule has 5 heterocycles. The maximum absolute atomic E-state index is 10.6. The van der Waals surface area contributed by atoms with Crippen LogP contribution in [0.5, 0.6) is 5.75 Å². The zero-order valence-corrected chi connectivity index (χ0v) is 25.5. The molecule has 0 radical (unpaired) electrons. The number of ether oxygens (including phenoxy) is 1. The fraction of sp³-hybridized carbons (Fsp3) is 0.333. The molecule has 2 fully saturated rings. The molecular formula is C33H34F3N7O4. The minimum Gasteiger partial charge on any atom is -0.508 e. The Bertz CT molecular complexity index is 1700. The highest BCUT2D eigenvalue weighted by molar-refractivity contribution is 5.78. The molecule has 246 valence electrons. The first-order valence-electron chi connectivity index (χ1n) is 15.3. The summed E-state index contributed by atoms with van der Waals surface area (Å²) in [5.74, 6) is 0.111. The van der Waals surface area contributed by atoms with Gasteiger partial charge in [0.15, 0.2) is 0 Å². The van der Waals surface area contributed by atoms with E-state index in [9.17, 15) is 18.3 Å². The van der Waals surface area contributed by atoms with Gasteiger partial charge in [-0.25, -0.2) is 14.8 Å². The highest BCUT2D eigenvalue weighted by atomic mass is 19.4. The third-order valence-corrected chi connectivity index (χ3v) is 8.24. The number of phenols is 1. The Labute approximate surface area is 269 Å². The molecule has 7 rings (SSSR count). The molecule has 14 heteroatoms. The number of rotatable bonds is 5. The maximum Gasteiger partial charge on any atom is 0.490 e. The summed E-state index contributed by atoms with van der Waals surface area (Å²) in [5.41, 5.74) is 5.26. The van der Waals surface area contributed by atoms with Gasteiger partial charge < -0.3 is 34.5 Å². The first kappa shape index (κ1) is 31.9. The van der Waals surface area contributed by atoms with Gasteiger partial charge in [0.25, 0.3) is 0 Å². The van der Waals surface area contributed by atoms with Crippen LogP contribution in [0.4, 0.5) is 42.1 Å². The Kier molecular flexibility index (Phi) is 9.29. The van der Waals surface area contributed by atoms with E-state index >= 15 is 0 Å². The molecule has 11 nitrogen and oxygen atoms in total. The average molecular weight is 650 g/mol. The van der Waals surface area contributed by atoms with E-state index in [2.05, 4.69) is 62.1 Å². The molecule has 0 unspecified atom stereocenters. The van der Waals surface area contributed by atoms with Crippen LogP contribution in [0, 0.1) is 0 Å². The fourth-order valence-electron chi connectivity index (χ4n) is 5.87. The van der Waals surface area contributed by atoms with Crippen LogP contribution in [0.25, 0.3) is 11.3 Å². The van der Waals surface area contributed by atoms with E-state index < -0.39 is 12.1 Å². The summed E-state index contributed by atoms with van der Waals surface area (Å²) in [5, 5.41) is 17.3. The number of aromatic hydroxyl groups is 1. The Morgan fingerprint density at radius 1 is 0.787 bits per heavy atom. The Morgan fingerprint density at radius 2 is 1.49 bits per heavy atom. The smallest absolute Gasteiger partial charge is 0.490 e. The molecule has 0 bridgehead atoms. The van der Waals surface area contributed by atoms with Crippen LogP contribution in [0.15, 0.2) is 72.9 Å². The predicted molar refractivity (Wildman–Crippen MR) is 172 cm³/mol. The lowest BCUT2D eigenvalue weighted by atomic mass is 10.1. The van der Waals surface area contributed by atoms with Crippen molar-refractivity contribution in [2.75, 3.05) is 78.6 Å². The number of pyridine rings is 1. The molecule has 0 aliphatic carbocycles. The molecule has 0 saturated carbocycles. The van der Waals surface area contributed by atoms with Gasteiger partial charge in [-0.3, -0.25) is 0 Å². The molecule has 0 spiro atoms. The average Bonchev–Trinajstić information content (AvgIpc) is 3.53. The Balaban J connectivity index is 0.000000499. The lowest BCUT2D eigenvalue weighted by molar-refractivity contribution is -0.192. The van der Waals surface area contributed by atoms with Crippen molar-refractivity contribution in [3.05, 3.63) is 78.5 Å². The van der Waals surface area contributed by atoms with Gasteiger partial charge in [-0.1, -0.05) is 30.3 Å². The number of halogens is 3. The quantitative estimate of drug-likeness (QED) is 0.312. The van der Waals surface area contributed by atoms with Crippen molar-refractivity contribution in [3.8, 4) is 17.0 Å². The van der Waals surface area contributed by atoms with E-state index in [1.165, 1.54) is 5.69 Å². The normalized spacial score (nSPS) is 16.4. The number of piperazine rings is 1. The highest BCUT2D eigenvalue weighted by Gasteiger charge is 2.38. The number of anilines is 5. The molecule has 0 atom stereocenters. The van der Waals surface area contributed by atoms with E-state index in [-0.39, 0.29) is 5.75 Å². The van der Waals surface area contributed by atoms with Gasteiger partial charge in [-0.2, -0.15) is 18.2 Å². The van der Waals surface area contributed by atoms with Gasteiger partial charge in [-0.15, -0.1) is 0 Å². The van der Waals surface area contributed by atoms with Crippen molar-refractivity contribution in [2.24, 2.45) is 0 Å². The number of para-hydroxylation sites is 1. The maximum atomic E-state index is 10.6. The number of carboxylic acids is 1. The SMILES string of the molecule is O=C(O)C(F)(F)F.Oc1cccc(-c2nc(N3CCOCC3)nc3c2CCN3c2ccnc(N3CCN(c4ccccc4)CC3)c2)c1. The van der Waals surface area contributed by atoms with E-state index in [1.807, 2.05) is 18.3 Å². The fourth-order valence-corrected chi connectivity index (χ4v) is 5.87. The standard InChI is InChI=1S/C31H33N7O2.C2HF3O2/c39-26-8-4-5-23(21-26)29-27-10-12-38(30(27)34-31(33-29)37-17-19-40-20-18-37)25-9-11-32-28(22-25)36-15-13-35(14-16-36)24-6-2-1-3-7-24;3-2(4,5)1(6)7/h1-9,11,21-22,39H,10,12-20H2;(H,6,7). The second-order valence-corrected chi connectivity index (χ2v) is 11.2. The molecule has 2 aromatic heterocycles.